The molecule has 1 heterocycles. The maximum absolute atomic E-state index is 11.8. The molecule has 4 heteroatoms. The fourth-order valence-corrected chi connectivity index (χ4v) is 1.84. The topological polar surface area (TPSA) is 40.6 Å². The maximum Gasteiger partial charge on any atom is 0.256 e. The number of rotatable bonds is 2. The van der Waals surface area contributed by atoms with Crippen molar-refractivity contribution < 1.29 is 9.59 Å². The fourth-order valence-electron chi connectivity index (χ4n) is 1.84. The van der Waals surface area contributed by atoms with Crippen molar-refractivity contribution >= 4 is 11.8 Å². The Kier molecular flexibility index (Phi) is 2.32. The Morgan fingerprint density at radius 3 is 1.46 bits per heavy atom. The van der Waals surface area contributed by atoms with Crippen molar-refractivity contribution in [2.45, 2.75) is 26.7 Å². The van der Waals surface area contributed by atoms with E-state index in [0.717, 1.165) is 0 Å². The zero-order valence-electron chi connectivity index (χ0n) is 8.63. The second-order valence-corrected chi connectivity index (χ2v) is 3.45. The van der Waals surface area contributed by atoms with Gasteiger partial charge in [-0.25, -0.2) is 0 Å². The summed E-state index contributed by atoms with van der Waals surface area (Å²) < 4.78 is 0. The van der Waals surface area contributed by atoms with Gasteiger partial charge in [-0.15, -0.1) is 0 Å². The van der Waals surface area contributed by atoms with Crippen LogP contribution in [0, 0.1) is 5.41 Å². The van der Waals surface area contributed by atoms with Crippen LogP contribution in [-0.2, 0) is 9.59 Å². The van der Waals surface area contributed by atoms with Crippen LogP contribution in [0.1, 0.15) is 26.7 Å². The van der Waals surface area contributed by atoms with Crippen molar-refractivity contribution in [3.63, 3.8) is 0 Å². The van der Waals surface area contributed by atoms with Gasteiger partial charge in [-0.2, -0.15) is 0 Å². The van der Waals surface area contributed by atoms with Crippen molar-refractivity contribution in [3.8, 4) is 0 Å². The van der Waals surface area contributed by atoms with E-state index in [2.05, 4.69) is 0 Å². The minimum absolute atomic E-state index is 0.0787. The quantitative estimate of drug-likeness (QED) is 0.591. The van der Waals surface area contributed by atoms with Gasteiger partial charge in [-0.3, -0.25) is 19.6 Å². The predicted molar refractivity (Wildman–Crippen MR) is 48.6 cm³/mol. The average Bonchev–Trinajstić information content (AvgIpc) is 2.31. The van der Waals surface area contributed by atoms with Crippen molar-refractivity contribution in [2.75, 3.05) is 14.1 Å². The first-order chi connectivity index (χ1) is 6.01. The molecule has 0 aromatic rings. The molecule has 13 heavy (non-hydrogen) atoms. The van der Waals surface area contributed by atoms with Crippen LogP contribution in [0.5, 0.6) is 0 Å². The number of carbonyl (C=O) groups is 2. The Balaban J connectivity index is 3.11. The molecule has 0 bridgehead atoms. The molecular weight excluding hydrogens is 168 g/mol. The molecule has 4 nitrogen and oxygen atoms in total. The molecule has 0 N–H and O–H groups in total. The largest absolute Gasteiger partial charge is 0.272 e. The van der Waals surface area contributed by atoms with Crippen molar-refractivity contribution in [3.05, 3.63) is 0 Å². The number of hydrogen-bond donors (Lipinski definition) is 0. The Bertz CT molecular complexity index is 224. The molecule has 1 fully saturated rings. The summed E-state index contributed by atoms with van der Waals surface area (Å²) >= 11 is 0. The first-order valence-electron chi connectivity index (χ1n) is 4.57. The highest BCUT2D eigenvalue weighted by Crippen LogP contribution is 2.36. The number of amides is 2. The molecule has 0 aromatic carbocycles. The highest BCUT2D eigenvalue weighted by Gasteiger charge is 2.53. The van der Waals surface area contributed by atoms with Gasteiger partial charge in [0, 0.05) is 14.1 Å². The van der Waals surface area contributed by atoms with Crippen LogP contribution < -0.4 is 0 Å². The van der Waals surface area contributed by atoms with Gasteiger partial charge in [0.2, 0.25) is 0 Å². The maximum atomic E-state index is 11.8. The summed E-state index contributed by atoms with van der Waals surface area (Å²) in [7, 11) is 3.26. The first kappa shape index (κ1) is 10.0. The van der Waals surface area contributed by atoms with Crippen LogP contribution in [0.3, 0.4) is 0 Å². The molecule has 1 aliphatic rings. The second-order valence-electron chi connectivity index (χ2n) is 3.45. The molecule has 1 aliphatic heterocycles. The monoisotopic (exact) mass is 184 g/mol. The summed E-state index contributed by atoms with van der Waals surface area (Å²) in [5.41, 5.74) is -0.788. The van der Waals surface area contributed by atoms with E-state index in [0.29, 0.717) is 12.8 Å². The molecule has 0 saturated carbocycles. The van der Waals surface area contributed by atoms with E-state index in [1.807, 2.05) is 13.8 Å². The second kappa shape index (κ2) is 3.01. The normalized spacial score (nSPS) is 21.5. The molecule has 0 atom stereocenters. The van der Waals surface area contributed by atoms with Gasteiger partial charge in [0.1, 0.15) is 5.41 Å². The summed E-state index contributed by atoms with van der Waals surface area (Å²) in [6, 6.07) is 0. The molecule has 2 amide bonds. The van der Waals surface area contributed by atoms with Crippen molar-refractivity contribution in [1.82, 2.24) is 10.0 Å². The lowest BCUT2D eigenvalue weighted by molar-refractivity contribution is -0.141. The molecular formula is C9H16N2O2. The molecule has 1 saturated heterocycles. The van der Waals surface area contributed by atoms with Crippen LogP contribution in [0.15, 0.2) is 0 Å². The van der Waals surface area contributed by atoms with Crippen LogP contribution in [0.25, 0.3) is 0 Å². The van der Waals surface area contributed by atoms with Crippen LogP contribution >= 0.6 is 0 Å². The van der Waals surface area contributed by atoms with E-state index < -0.39 is 5.41 Å². The molecule has 0 aromatic heterocycles. The summed E-state index contributed by atoms with van der Waals surface area (Å²) in [5, 5.41) is 2.80. The van der Waals surface area contributed by atoms with Gasteiger partial charge >= 0.3 is 0 Å². The summed E-state index contributed by atoms with van der Waals surface area (Å²) in [6.45, 7) is 3.76. The van der Waals surface area contributed by atoms with E-state index in [1.165, 1.54) is 10.0 Å². The number of hydrogen-bond acceptors (Lipinski definition) is 2. The van der Waals surface area contributed by atoms with Crippen molar-refractivity contribution in [1.29, 1.82) is 0 Å². The van der Waals surface area contributed by atoms with Crippen LogP contribution in [0.2, 0.25) is 0 Å². The first-order valence-corrected chi connectivity index (χ1v) is 4.57. The van der Waals surface area contributed by atoms with Gasteiger partial charge in [0.25, 0.3) is 11.8 Å². The van der Waals surface area contributed by atoms with Gasteiger partial charge in [0.15, 0.2) is 0 Å². The smallest absolute Gasteiger partial charge is 0.256 e. The summed E-state index contributed by atoms with van der Waals surface area (Å²) in [4.78, 5) is 23.5. The van der Waals surface area contributed by atoms with E-state index >= 15 is 0 Å². The molecule has 0 spiro atoms. The Labute approximate surface area is 78.5 Å². The lowest BCUT2D eigenvalue weighted by Gasteiger charge is -2.18. The number of carbonyl (C=O) groups excluding carboxylic acids is 2. The Hall–Kier alpha value is -1.06. The highest BCUT2D eigenvalue weighted by atomic mass is 16.2. The van der Waals surface area contributed by atoms with Crippen molar-refractivity contribution in [2.24, 2.45) is 5.41 Å². The molecule has 74 valence electrons. The number of hydrazine groups is 1. The van der Waals surface area contributed by atoms with E-state index in [4.69, 9.17) is 0 Å². The number of nitrogens with zero attached hydrogens (tertiary/aromatic N) is 2. The van der Waals surface area contributed by atoms with E-state index in [9.17, 15) is 9.59 Å². The Morgan fingerprint density at radius 2 is 1.31 bits per heavy atom. The van der Waals surface area contributed by atoms with E-state index in [1.54, 1.807) is 14.1 Å². The third kappa shape index (κ3) is 1.04. The predicted octanol–water partition coefficient (Wildman–Crippen LogP) is 0.638. The molecule has 0 aliphatic carbocycles. The van der Waals surface area contributed by atoms with Gasteiger partial charge < -0.3 is 0 Å². The lowest BCUT2D eigenvalue weighted by atomic mass is 9.81. The zero-order valence-corrected chi connectivity index (χ0v) is 8.63. The summed E-state index contributed by atoms with van der Waals surface area (Å²) in [5.74, 6) is -0.157. The lowest BCUT2D eigenvalue weighted by Crippen LogP contribution is -2.34. The average molecular weight is 184 g/mol. The van der Waals surface area contributed by atoms with E-state index in [-0.39, 0.29) is 11.8 Å². The van der Waals surface area contributed by atoms with Crippen LogP contribution in [-0.4, -0.2) is 35.9 Å². The van der Waals surface area contributed by atoms with Gasteiger partial charge in [-0.1, -0.05) is 13.8 Å². The fraction of sp³-hybridized carbons (Fsp3) is 0.778. The molecule has 0 radical (unpaired) electrons. The minimum atomic E-state index is -0.788. The third-order valence-corrected chi connectivity index (χ3v) is 3.06. The molecule has 1 rings (SSSR count). The highest BCUT2D eigenvalue weighted by molar-refractivity contribution is 6.09. The SMILES string of the molecule is CCC1(CC)C(=O)N(C)N(C)C1=O. The van der Waals surface area contributed by atoms with Gasteiger partial charge in [0.05, 0.1) is 0 Å². The van der Waals surface area contributed by atoms with Gasteiger partial charge in [-0.05, 0) is 12.8 Å². The minimum Gasteiger partial charge on any atom is -0.272 e. The van der Waals surface area contributed by atoms with Crippen LogP contribution in [0.4, 0.5) is 0 Å². The summed E-state index contributed by atoms with van der Waals surface area (Å²) in [6.07, 6.45) is 1.16. The zero-order chi connectivity index (χ0) is 10.2. The molecule has 0 unspecified atom stereocenters. The standard InChI is InChI=1S/C9H16N2O2/c1-5-9(6-2)7(12)10(3)11(4)8(9)13/h5-6H2,1-4H3. The Morgan fingerprint density at radius 1 is 1.00 bits per heavy atom. The third-order valence-electron chi connectivity index (χ3n) is 3.06.